The Morgan fingerprint density at radius 3 is 2.55 bits per heavy atom. The van der Waals surface area contributed by atoms with Crippen molar-refractivity contribution in [3.05, 3.63) is 0 Å². The molecule has 1 fully saturated rings. The summed E-state index contributed by atoms with van der Waals surface area (Å²) in [5, 5.41) is 0. The normalized spacial score (nSPS) is 23.4. The Morgan fingerprint density at radius 1 is 1.55 bits per heavy atom. The average molecular weight is 163 g/mol. The Hall–Kier alpha value is -0.670. The number of halogens is 2. The van der Waals surface area contributed by atoms with E-state index in [1.54, 1.807) is 0 Å². The fourth-order valence-electron chi connectivity index (χ4n) is 1.23. The van der Waals surface area contributed by atoms with E-state index >= 15 is 0 Å². The van der Waals surface area contributed by atoms with Crippen molar-refractivity contribution < 1.29 is 13.6 Å². The molecule has 1 saturated heterocycles. The summed E-state index contributed by atoms with van der Waals surface area (Å²) in [6.45, 7) is 1.40. The van der Waals surface area contributed by atoms with E-state index in [2.05, 4.69) is 0 Å². The third kappa shape index (κ3) is 2.13. The molecule has 2 nitrogen and oxygen atoms in total. The van der Waals surface area contributed by atoms with Crippen LogP contribution < -0.4 is 0 Å². The number of hydrogen-bond acceptors (Lipinski definition) is 1. The van der Waals surface area contributed by atoms with Crippen LogP contribution in [0.15, 0.2) is 0 Å². The summed E-state index contributed by atoms with van der Waals surface area (Å²) in [5.74, 6) is -2.92. The number of amides is 1. The lowest BCUT2D eigenvalue weighted by Gasteiger charge is -2.31. The van der Waals surface area contributed by atoms with Gasteiger partial charge in [-0.1, -0.05) is 0 Å². The van der Waals surface area contributed by atoms with E-state index < -0.39 is 12.5 Å². The van der Waals surface area contributed by atoms with Crippen LogP contribution in [0, 0.1) is 0 Å². The predicted octanol–water partition coefficient (Wildman–Crippen LogP) is 1.26. The van der Waals surface area contributed by atoms with Gasteiger partial charge in [0.15, 0.2) is 0 Å². The van der Waals surface area contributed by atoms with Crippen LogP contribution in [-0.2, 0) is 4.79 Å². The summed E-state index contributed by atoms with van der Waals surface area (Å²) >= 11 is 0. The molecule has 1 amide bonds. The zero-order valence-electron chi connectivity index (χ0n) is 6.44. The minimum absolute atomic E-state index is 0.0865. The van der Waals surface area contributed by atoms with E-state index in [1.165, 1.54) is 11.8 Å². The molecular weight excluding hydrogens is 152 g/mol. The SMILES string of the molecule is CC(=O)N1CCCC(F)(F)C1. The maximum atomic E-state index is 12.6. The van der Waals surface area contributed by atoms with E-state index in [0.717, 1.165) is 0 Å². The summed E-state index contributed by atoms with van der Waals surface area (Å²) in [4.78, 5) is 11.9. The van der Waals surface area contributed by atoms with Crippen molar-refractivity contribution in [2.75, 3.05) is 13.1 Å². The number of carbonyl (C=O) groups is 1. The van der Waals surface area contributed by atoms with Crippen LogP contribution in [0.5, 0.6) is 0 Å². The van der Waals surface area contributed by atoms with Crippen molar-refractivity contribution in [2.24, 2.45) is 0 Å². The largest absolute Gasteiger partial charge is 0.337 e. The topological polar surface area (TPSA) is 20.3 Å². The van der Waals surface area contributed by atoms with Gasteiger partial charge in [-0.25, -0.2) is 8.78 Å². The lowest BCUT2D eigenvalue weighted by molar-refractivity contribution is -0.139. The molecule has 1 aliphatic heterocycles. The molecule has 0 atom stereocenters. The van der Waals surface area contributed by atoms with Crippen LogP contribution in [0.3, 0.4) is 0 Å². The number of piperidine rings is 1. The molecule has 0 radical (unpaired) electrons. The quantitative estimate of drug-likeness (QED) is 0.526. The molecule has 0 spiro atoms. The van der Waals surface area contributed by atoms with Crippen LogP contribution in [-0.4, -0.2) is 29.8 Å². The summed E-state index contributed by atoms with van der Waals surface area (Å²) in [6, 6.07) is 0. The molecule has 0 bridgehead atoms. The van der Waals surface area contributed by atoms with Gasteiger partial charge in [-0.05, 0) is 6.42 Å². The van der Waals surface area contributed by atoms with Gasteiger partial charge >= 0.3 is 0 Å². The van der Waals surface area contributed by atoms with Crippen molar-refractivity contribution in [1.29, 1.82) is 0 Å². The highest BCUT2D eigenvalue weighted by atomic mass is 19.3. The fourth-order valence-corrected chi connectivity index (χ4v) is 1.23. The standard InChI is InChI=1S/C7H11F2NO/c1-6(11)10-4-2-3-7(8,9)5-10/h2-5H2,1H3. The Balaban J connectivity index is 2.53. The van der Waals surface area contributed by atoms with Crippen molar-refractivity contribution in [3.63, 3.8) is 0 Å². The second-order valence-electron chi connectivity index (χ2n) is 2.90. The second-order valence-corrected chi connectivity index (χ2v) is 2.90. The Morgan fingerprint density at radius 2 is 2.18 bits per heavy atom. The average Bonchev–Trinajstić information content (AvgIpc) is 1.85. The molecule has 11 heavy (non-hydrogen) atoms. The summed E-state index contributed by atoms with van der Waals surface area (Å²) in [6.07, 6.45) is 0.323. The maximum Gasteiger partial charge on any atom is 0.265 e. The fraction of sp³-hybridized carbons (Fsp3) is 0.857. The van der Waals surface area contributed by atoms with Crippen LogP contribution in [0.4, 0.5) is 8.78 Å². The van der Waals surface area contributed by atoms with E-state index in [-0.39, 0.29) is 12.3 Å². The lowest BCUT2D eigenvalue weighted by Crippen LogP contribution is -2.44. The molecule has 0 aromatic heterocycles. The molecule has 1 aliphatic rings. The van der Waals surface area contributed by atoms with Crippen molar-refractivity contribution in [1.82, 2.24) is 4.90 Å². The van der Waals surface area contributed by atoms with Crippen molar-refractivity contribution in [2.45, 2.75) is 25.7 Å². The molecule has 64 valence electrons. The summed E-state index contributed by atoms with van der Waals surface area (Å²) < 4.78 is 25.2. The second kappa shape index (κ2) is 2.75. The van der Waals surface area contributed by atoms with Gasteiger partial charge in [0, 0.05) is 19.9 Å². The first-order valence-electron chi connectivity index (χ1n) is 3.65. The van der Waals surface area contributed by atoms with Gasteiger partial charge < -0.3 is 4.90 Å². The van der Waals surface area contributed by atoms with Gasteiger partial charge in [-0.3, -0.25) is 4.79 Å². The van der Waals surface area contributed by atoms with Crippen LogP contribution in [0.2, 0.25) is 0 Å². The van der Waals surface area contributed by atoms with E-state index in [4.69, 9.17) is 0 Å². The van der Waals surface area contributed by atoms with Crippen molar-refractivity contribution in [3.8, 4) is 0 Å². The number of carbonyl (C=O) groups excluding carboxylic acids is 1. The molecule has 1 heterocycles. The predicted molar refractivity (Wildman–Crippen MR) is 36.4 cm³/mol. The van der Waals surface area contributed by atoms with Gasteiger partial charge in [0.25, 0.3) is 5.92 Å². The number of hydrogen-bond donors (Lipinski definition) is 0. The first-order valence-corrected chi connectivity index (χ1v) is 3.65. The Bertz CT molecular complexity index is 170. The van der Waals surface area contributed by atoms with Crippen LogP contribution >= 0.6 is 0 Å². The number of alkyl halides is 2. The highest BCUT2D eigenvalue weighted by Crippen LogP contribution is 2.26. The van der Waals surface area contributed by atoms with E-state index in [0.29, 0.717) is 13.0 Å². The third-order valence-electron chi connectivity index (χ3n) is 1.84. The summed E-state index contributed by atoms with van der Waals surface area (Å²) in [7, 11) is 0. The highest BCUT2D eigenvalue weighted by Gasteiger charge is 2.35. The van der Waals surface area contributed by atoms with Gasteiger partial charge in [0.05, 0.1) is 6.54 Å². The molecule has 0 aliphatic carbocycles. The number of nitrogens with zero attached hydrogens (tertiary/aromatic N) is 1. The first kappa shape index (κ1) is 8.43. The molecule has 0 N–H and O–H groups in total. The molecule has 0 unspecified atom stereocenters. The molecular formula is C7H11F2NO. The van der Waals surface area contributed by atoms with Gasteiger partial charge in [-0.2, -0.15) is 0 Å². The molecule has 0 saturated carbocycles. The van der Waals surface area contributed by atoms with Crippen molar-refractivity contribution >= 4 is 5.91 Å². The van der Waals surface area contributed by atoms with E-state index in [1.807, 2.05) is 0 Å². The zero-order chi connectivity index (χ0) is 8.48. The number of likely N-dealkylation sites (tertiary alicyclic amines) is 1. The minimum atomic E-state index is -2.66. The lowest BCUT2D eigenvalue weighted by atomic mass is 10.1. The van der Waals surface area contributed by atoms with Gasteiger partial charge in [0.1, 0.15) is 0 Å². The van der Waals surface area contributed by atoms with E-state index in [9.17, 15) is 13.6 Å². The molecule has 0 aromatic rings. The maximum absolute atomic E-state index is 12.6. The monoisotopic (exact) mass is 163 g/mol. The Labute approximate surface area is 64.2 Å². The Kier molecular flexibility index (Phi) is 2.11. The smallest absolute Gasteiger partial charge is 0.265 e. The first-order chi connectivity index (χ1) is 5.01. The highest BCUT2D eigenvalue weighted by molar-refractivity contribution is 5.73. The molecule has 0 aromatic carbocycles. The van der Waals surface area contributed by atoms with Gasteiger partial charge in [0.2, 0.25) is 5.91 Å². The summed E-state index contributed by atoms with van der Waals surface area (Å²) in [5.41, 5.74) is 0. The number of rotatable bonds is 0. The zero-order valence-corrected chi connectivity index (χ0v) is 6.44. The molecule has 1 rings (SSSR count). The van der Waals surface area contributed by atoms with Crippen LogP contribution in [0.1, 0.15) is 19.8 Å². The van der Waals surface area contributed by atoms with Crippen LogP contribution in [0.25, 0.3) is 0 Å². The third-order valence-corrected chi connectivity index (χ3v) is 1.84. The molecule has 4 heteroatoms. The van der Waals surface area contributed by atoms with Gasteiger partial charge in [-0.15, -0.1) is 0 Å². The minimum Gasteiger partial charge on any atom is -0.337 e.